The molecular weight excluding hydrogens is 471 g/mol. The second-order valence-corrected chi connectivity index (χ2v) is 7.45. The van der Waals surface area contributed by atoms with Crippen molar-refractivity contribution in [2.24, 2.45) is 0 Å². The number of halogens is 5. The van der Waals surface area contributed by atoms with E-state index in [1.807, 2.05) is 18.2 Å². The van der Waals surface area contributed by atoms with Gasteiger partial charge in [-0.2, -0.15) is 0 Å². The highest BCUT2D eigenvalue weighted by Crippen LogP contribution is 2.47. The van der Waals surface area contributed by atoms with Gasteiger partial charge in [0.1, 0.15) is 0 Å². The van der Waals surface area contributed by atoms with Crippen LogP contribution in [0.2, 0.25) is 25.1 Å². The van der Waals surface area contributed by atoms with Gasteiger partial charge in [-0.3, -0.25) is 5.32 Å². The average Bonchev–Trinajstić information content (AvgIpc) is 2.70. The molecule has 2 rings (SSSR count). The fourth-order valence-electron chi connectivity index (χ4n) is 2.64. The van der Waals surface area contributed by atoms with Gasteiger partial charge in [-0.15, -0.1) is 0 Å². The Morgan fingerprint density at radius 2 is 1.36 bits per heavy atom. The van der Waals surface area contributed by atoms with E-state index in [0.717, 1.165) is 0 Å². The molecule has 2 aromatic rings. The summed E-state index contributed by atoms with van der Waals surface area (Å²) < 4.78 is 16.5. The normalized spacial score (nSPS) is 12.6. The number of hydrogen-bond acceptors (Lipinski definition) is 4. The number of benzene rings is 2. The van der Waals surface area contributed by atoms with E-state index in [2.05, 4.69) is 5.32 Å². The Morgan fingerprint density at radius 1 is 0.893 bits per heavy atom. The maximum absolute atomic E-state index is 12.5. The molecule has 0 aliphatic rings. The molecular formula is C18H16Cl5NO4. The maximum atomic E-state index is 12.5. The number of nitrogens with one attached hydrogen (secondary N) is 1. The van der Waals surface area contributed by atoms with Gasteiger partial charge < -0.3 is 14.2 Å². The highest BCUT2D eigenvalue weighted by molar-refractivity contribution is 6.56. The first-order chi connectivity index (χ1) is 13.2. The third-order valence-electron chi connectivity index (χ3n) is 4.04. The average molecular weight is 488 g/mol. The van der Waals surface area contributed by atoms with Crippen LogP contribution in [0.5, 0.6) is 0 Å². The van der Waals surface area contributed by atoms with E-state index in [1.54, 1.807) is 19.1 Å². The minimum absolute atomic E-state index is 0.0209. The topological polar surface area (TPSA) is 56.8 Å². The predicted octanol–water partition coefficient (Wildman–Crippen LogP) is 7.04. The molecule has 1 unspecified atom stereocenters. The van der Waals surface area contributed by atoms with Gasteiger partial charge in [0.15, 0.2) is 6.10 Å². The molecule has 28 heavy (non-hydrogen) atoms. The van der Waals surface area contributed by atoms with Crippen molar-refractivity contribution in [3.8, 4) is 0 Å². The van der Waals surface area contributed by atoms with Crippen molar-refractivity contribution in [1.29, 1.82) is 0 Å². The van der Waals surface area contributed by atoms with Crippen molar-refractivity contribution < 1.29 is 19.0 Å². The molecule has 10 heteroatoms. The first-order valence-corrected chi connectivity index (χ1v) is 9.73. The lowest BCUT2D eigenvalue weighted by Crippen LogP contribution is -2.44. The Morgan fingerprint density at radius 3 is 1.82 bits per heavy atom. The predicted molar refractivity (Wildman–Crippen MR) is 113 cm³/mol. The molecule has 0 spiro atoms. The molecule has 2 aromatic carbocycles. The summed E-state index contributed by atoms with van der Waals surface area (Å²) in [6, 6.07) is 9.04. The van der Waals surface area contributed by atoms with Crippen LogP contribution in [-0.4, -0.2) is 26.4 Å². The lowest BCUT2D eigenvalue weighted by atomic mass is 10.0. The Bertz CT molecular complexity index is 830. The van der Waals surface area contributed by atoms with Gasteiger partial charge in [-0.1, -0.05) is 88.3 Å². The molecule has 0 radical (unpaired) electrons. The van der Waals surface area contributed by atoms with Crippen molar-refractivity contribution >= 4 is 69.8 Å². The second kappa shape index (κ2) is 9.72. The number of methoxy groups -OCH3 is 2. The number of rotatable bonds is 6. The third-order valence-corrected chi connectivity index (χ3v) is 6.32. The van der Waals surface area contributed by atoms with E-state index in [1.165, 1.54) is 14.2 Å². The first-order valence-electron chi connectivity index (χ1n) is 7.84. The lowest BCUT2D eigenvalue weighted by molar-refractivity contribution is -0.263. The summed E-state index contributed by atoms with van der Waals surface area (Å²) in [6.07, 6.45) is -1.74. The molecule has 0 aromatic heterocycles. The van der Waals surface area contributed by atoms with E-state index < -0.39 is 18.0 Å². The lowest BCUT2D eigenvalue weighted by Gasteiger charge is -2.36. The standard InChI is InChI=1S/C18H16Cl5NO4/c1-9(18(26-2,27-3)10-7-5-4-6-8-10)28-17(25)24-16-14(22)12(20)11(19)13(21)15(16)23/h4-9H,1-3H3,(H,24,25). The molecule has 1 N–H and O–H groups in total. The molecule has 1 atom stereocenters. The van der Waals surface area contributed by atoms with Gasteiger partial charge in [-0.05, 0) is 6.92 Å². The van der Waals surface area contributed by atoms with Crippen LogP contribution in [0.15, 0.2) is 30.3 Å². The first kappa shape index (κ1) is 23.4. The van der Waals surface area contributed by atoms with Crippen molar-refractivity contribution in [3.63, 3.8) is 0 Å². The third kappa shape index (κ3) is 4.46. The molecule has 0 bridgehead atoms. The molecule has 1 amide bonds. The zero-order chi connectivity index (χ0) is 21.1. The van der Waals surface area contributed by atoms with E-state index in [9.17, 15) is 4.79 Å². The smallest absolute Gasteiger partial charge is 0.412 e. The number of ether oxygens (including phenoxy) is 3. The Balaban J connectivity index is 2.28. The van der Waals surface area contributed by atoms with E-state index in [-0.39, 0.29) is 30.8 Å². The minimum Gasteiger partial charge on any atom is -0.440 e. The summed E-state index contributed by atoms with van der Waals surface area (Å²) in [5.74, 6) is -1.33. The fourth-order valence-corrected chi connectivity index (χ4v) is 3.87. The van der Waals surface area contributed by atoms with E-state index in [4.69, 9.17) is 72.2 Å². The van der Waals surface area contributed by atoms with Crippen molar-refractivity contribution in [2.75, 3.05) is 19.5 Å². The highest BCUT2D eigenvalue weighted by Gasteiger charge is 2.41. The Labute approximate surface area is 187 Å². The summed E-state index contributed by atoms with van der Waals surface area (Å²) in [5, 5.41) is 2.17. The van der Waals surface area contributed by atoms with Gasteiger partial charge in [0.25, 0.3) is 0 Å². The van der Waals surface area contributed by atoms with Crippen LogP contribution in [0.3, 0.4) is 0 Å². The van der Waals surface area contributed by atoms with Gasteiger partial charge in [0.05, 0.1) is 30.8 Å². The van der Waals surface area contributed by atoms with Crippen LogP contribution in [0.25, 0.3) is 0 Å². The van der Waals surface area contributed by atoms with E-state index in [0.29, 0.717) is 5.56 Å². The quantitative estimate of drug-likeness (QED) is 0.270. The second-order valence-electron chi connectivity index (χ2n) is 5.56. The van der Waals surface area contributed by atoms with Gasteiger partial charge in [0, 0.05) is 19.8 Å². The highest BCUT2D eigenvalue weighted by atomic mass is 35.5. The van der Waals surface area contributed by atoms with Gasteiger partial charge in [0.2, 0.25) is 5.79 Å². The molecule has 0 fully saturated rings. The van der Waals surface area contributed by atoms with Gasteiger partial charge >= 0.3 is 6.09 Å². The summed E-state index contributed by atoms with van der Waals surface area (Å²) in [4.78, 5) is 12.5. The number of carbonyl (C=O) groups is 1. The van der Waals surface area contributed by atoms with Crippen LogP contribution in [0.4, 0.5) is 10.5 Å². The van der Waals surface area contributed by atoms with Crippen molar-refractivity contribution in [3.05, 3.63) is 61.0 Å². The number of carbonyl (C=O) groups excluding carboxylic acids is 1. The fraction of sp³-hybridized carbons (Fsp3) is 0.278. The number of amides is 1. The molecule has 5 nitrogen and oxygen atoms in total. The summed E-state index contributed by atoms with van der Waals surface area (Å²) in [5.41, 5.74) is 0.633. The largest absolute Gasteiger partial charge is 0.440 e. The Kier molecular flexibility index (Phi) is 8.11. The molecule has 152 valence electrons. The SMILES string of the molecule is COC(OC)(c1ccccc1)C(C)OC(=O)Nc1c(Cl)c(Cl)c(Cl)c(Cl)c1Cl. The van der Waals surface area contributed by atoms with Crippen molar-refractivity contribution in [2.45, 2.75) is 18.8 Å². The molecule has 0 saturated carbocycles. The van der Waals surface area contributed by atoms with Crippen LogP contribution in [0.1, 0.15) is 12.5 Å². The number of hydrogen-bond donors (Lipinski definition) is 1. The Hall–Kier alpha value is -0.920. The van der Waals surface area contributed by atoms with Crippen LogP contribution >= 0.6 is 58.0 Å². The van der Waals surface area contributed by atoms with Crippen LogP contribution in [-0.2, 0) is 20.0 Å². The van der Waals surface area contributed by atoms with Crippen LogP contribution in [0, 0.1) is 0 Å². The number of anilines is 1. The summed E-state index contributed by atoms with van der Waals surface area (Å²) in [6.45, 7) is 1.62. The van der Waals surface area contributed by atoms with Crippen molar-refractivity contribution in [1.82, 2.24) is 0 Å². The van der Waals surface area contributed by atoms with Crippen LogP contribution < -0.4 is 5.32 Å². The van der Waals surface area contributed by atoms with E-state index >= 15 is 0 Å². The van der Waals surface area contributed by atoms with Gasteiger partial charge in [-0.25, -0.2) is 4.79 Å². The minimum atomic E-state index is -1.33. The molecule has 0 heterocycles. The zero-order valence-corrected chi connectivity index (χ0v) is 18.8. The zero-order valence-electron chi connectivity index (χ0n) is 15.0. The maximum Gasteiger partial charge on any atom is 0.412 e. The molecule has 0 aliphatic heterocycles. The monoisotopic (exact) mass is 485 g/mol. The summed E-state index contributed by atoms with van der Waals surface area (Å²) >= 11 is 30.2. The molecule has 0 saturated heterocycles. The summed E-state index contributed by atoms with van der Waals surface area (Å²) in [7, 11) is 2.89. The molecule has 0 aliphatic carbocycles.